The number of anilines is 1. The van der Waals surface area contributed by atoms with Crippen molar-refractivity contribution >= 4 is 46.1 Å². The van der Waals surface area contributed by atoms with E-state index in [1.165, 1.54) is 5.38 Å². The van der Waals surface area contributed by atoms with E-state index in [9.17, 15) is 19.2 Å². The van der Waals surface area contributed by atoms with E-state index in [-0.39, 0.29) is 28.6 Å². The molecule has 0 bridgehead atoms. The molecule has 0 spiro atoms. The summed E-state index contributed by atoms with van der Waals surface area (Å²) in [5, 5.41) is 10.7. The number of thiazole rings is 1. The number of oxime groups is 1. The zero-order chi connectivity index (χ0) is 28.5. The minimum atomic E-state index is -1.40. The molecule has 0 aromatic carbocycles. The molecule has 210 valence electrons. The molecule has 2 heterocycles. The normalized spacial score (nSPS) is 20.6. The van der Waals surface area contributed by atoms with Crippen LogP contribution in [0.1, 0.15) is 73.9 Å². The number of carbonyl (C=O) groups excluding carboxylic acids is 4. The number of aromatic nitrogens is 1. The number of amides is 3. The first-order valence-corrected chi connectivity index (χ1v) is 12.9. The van der Waals surface area contributed by atoms with Crippen molar-refractivity contribution in [3.63, 3.8) is 0 Å². The van der Waals surface area contributed by atoms with Crippen LogP contribution in [0.3, 0.4) is 0 Å². The van der Waals surface area contributed by atoms with E-state index < -0.39 is 46.7 Å². The summed E-state index contributed by atoms with van der Waals surface area (Å²) in [5.74, 6) is -1.92. The summed E-state index contributed by atoms with van der Waals surface area (Å²) in [6.07, 6.45) is -0.0958. The smallest absolute Gasteiger partial charge is 0.413 e. The molecule has 3 amide bonds. The molecular formula is C24H35N5O8S. The number of hydroxylamine groups is 1. The first-order chi connectivity index (χ1) is 17.4. The van der Waals surface area contributed by atoms with Gasteiger partial charge in [0.15, 0.2) is 10.8 Å². The average Bonchev–Trinajstić information content (AvgIpc) is 3.32. The van der Waals surface area contributed by atoms with Crippen LogP contribution < -0.4 is 16.1 Å². The van der Waals surface area contributed by atoms with Gasteiger partial charge in [-0.25, -0.2) is 20.1 Å². The Balaban J connectivity index is 1.88. The molecule has 0 unspecified atom stereocenters. The number of nitrogens with one attached hydrogen (secondary N) is 3. The van der Waals surface area contributed by atoms with E-state index in [1.807, 2.05) is 13.8 Å². The van der Waals surface area contributed by atoms with E-state index in [0.29, 0.717) is 12.8 Å². The molecule has 1 saturated carbocycles. The fraction of sp³-hybridized carbons (Fsp3) is 0.667. The van der Waals surface area contributed by atoms with Crippen LogP contribution in [0, 0.1) is 5.41 Å². The molecule has 13 nitrogen and oxygen atoms in total. The molecule has 0 radical (unpaired) electrons. The Kier molecular flexibility index (Phi) is 8.08. The summed E-state index contributed by atoms with van der Waals surface area (Å²) in [4.78, 5) is 65.2. The highest BCUT2D eigenvalue weighted by molar-refractivity contribution is 7.14. The van der Waals surface area contributed by atoms with Crippen LogP contribution in [0.2, 0.25) is 0 Å². The molecule has 2 fully saturated rings. The van der Waals surface area contributed by atoms with Gasteiger partial charge in [-0.3, -0.25) is 19.7 Å². The van der Waals surface area contributed by atoms with Crippen LogP contribution in [0.5, 0.6) is 0 Å². The van der Waals surface area contributed by atoms with Crippen LogP contribution in [0.4, 0.5) is 9.93 Å². The third-order valence-electron chi connectivity index (χ3n) is 5.23. The Morgan fingerprint density at radius 3 is 2.29 bits per heavy atom. The van der Waals surface area contributed by atoms with Crippen molar-refractivity contribution in [2.75, 3.05) is 11.9 Å². The lowest BCUT2D eigenvalue weighted by atomic mass is 9.61. The summed E-state index contributed by atoms with van der Waals surface area (Å²) in [6, 6.07) is -0.965. The summed E-state index contributed by atoms with van der Waals surface area (Å²) in [6.45, 7) is 14.3. The summed E-state index contributed by atoms with van der Waals surface area (Å²) in [5.41, 5.74) is -1.18. The van der Waals surface area contributed by atoms with E-state index in [1.54, 1.807) is 41.5 Å². The SMILES string of the molecule is CC1(C)CC(O/N=C(\C(=O)N[C@H]2CONC2=O)c2csc(NC(=O)OC(C)(C)C)n2)(C(=O)OC(C)(C)C)C1. The van der Waals surface area contributed by atoms with Crippen LogP contribution in [-0.2, 0) is 33.5 Å². The van der Waals surface area contributed by atoms with Crippen LogP contribution >= 0.6 is 11.3 Å². The zero-order valence-corrected chi connectivity index (χ0v) is 23.7. The van der Waals surface area contributed by atoms with Gasteiger partial charge in [0.05, 0.1) is 0 Å². The molecule has 3 rings (SSSR count). The van der Waals surface area contributed by atoms with Gasteiger partial charge in [0.2, 0.25) is 5.60 Å². The number of rotatable bonds is 7. The number of hydrogen-bond donors (Lipinski definition) is 3. The lowest BCUT2D eigenvalue weighted by Crippen LogP contribution is -2.57. The lowest BCUT2D eigenvalue weighted by molar-refractivity contribution is -0.213. The molecule has 2 aliphatic rings. The second-order valence-corrected chi connectivity index (χ2v) is 12.9. The van der Waals surface area contributed by atoms with Crippen molar-refractivity contribution in [2.45, 2.75) is 91.1 Å². The maximum atomic E-state index is 13.2. The summed E-state index contributed by atoms with van der Waals surface area (Å²) >= 11 is 1.02. The van der Waals surface area contributed by atoms with Gasteiger partial charge >= 0.3 is 12.1 Å². The number of nitrogens with zero attached hydrogens (tertiary/aromatic N) is 2. The van der Waals surface area contributed by atoms with Gasteiger partial charge < -0.3 is 19.6 Å². The minimum absolute atomic E-state index is 0.0517. The van der Waals surface area contributed by atoms with Crippen molar-refractivity contribution in [2.24, 2.45) is 10.6 Å². The minimum Gasteiger partial charge on any atom is -0.457 e. The Bertz CT molecular complexity index is 1120. The maximum Gasteiger partial charge on any atom is 0.413 e. The van der Waals surface area contributed by atoms with Gasteiger partial charge in [0.25, 0.3) is 11.8 Å². The van der Waals surface area contributed by atoms with Gasteiger partial charge in [0.1, 0.15) is 29.5 Å². The highest BCUT2D eigenvalue weighted by Crippen LogP contribution is 2.51. The number of hydrogen-bond acceptors (Lipinski definition) is 11. The monoisotopic (exact) mass is 553 g/mol. The van der Waals surface area contributed by atoms with Crippen LogP contribution in [-0.4, -0.2) is 64.0 Å². The van der Waals surface area contributed by atoms with Crippen LogP contribution in [0.25, 0.3) is 0 Å². The topological polar surface area (TPSA) is 167 Å². The highest BCUT2D eigenvalue weighted by atomic mass is 32.1. The molecule has 3 N–H and O–H groups in total. The Labute approximate surface area is 224 Å². The largest absolute Gasteiger partial charge is 0.457 e. The van der Waals surface area contributed by atoms with E-state index in [2.05, 4.69) is 26.3 Å². The van der Waals surface area contributed by atoms with Crippen LogP contribution in [0.15, 0.2) is 10.5 Å². The molecule has 1 saturated heterocycles. The Morgan fingerprint density at radius 2 is 1.76 bits per heavy atom. The molecule has 1 aliphatic carbocycles. The molecule has 1 atom stereocenters. The molecule has 1 aromatic heterocycles. The third kappa shape index (κ3) is 7.63. The Morgan fingerprint density at radius 1 is 1.13 bits per heavy atom. The first kappa shape index (κ1) is 29.3. The molecule has 1 aromatic rings. The maximum absolute atomic E-state index is 13.2. The van der Waals surface area contributed by atoms with Crippen molar-refractivity contribution in [1.29, 1.82) is 0 Å². The number of carbonyl (C=O) groups is 4. The second kappa shape index (κ2) is 10.5. The zero-order valence-electron chi connectivity index (χ0n) is 22.8. The van der Waals surface area contributed by atoms with E-state index >= 15 is 0 Å². The summed E-state index contributed by atoms with van der Waals surface area (Å²) in [7, 11) is 0. The second-order valence-electron chi connectivity index (χ2n) is 12.0. The van der Waals surface area contributed by atoms with Crippen molar-refractivity contribution in [3.05, 3.63) is 11.1 Å². The molecule has 38 heavy (non-hydrogen) atoms. The van der Waals surface area contributed by atoms with E-state index in [4.69, 9.17) is 19.1 Å². The van der Waals surface area contributed by atoms with Gasteiger partial charge in [-0.15, -0.1) is 11.3 Å². The van der Waals surface area contributed by atoms with Gasteiger partial charge in [-0.1, -0.05) is 19.0 Å². The number of ether oxygens (including phenoxy) is 2. The fourth-order valence-corrected chi connectivity index (χ4v) is 4.64. The highest BCUT2D eigenvalue weighted by Gasteiger charge is 2.59. The standard InChI is InChI=1S/C24H35N5O8S/c1-21(2,3)35-18(32)24(11-23(7,8)12-24)37-28-15(17(31)25-13-9-34-29-16(13)30)14-10-38-19(26-14)27-20(33)36-22(4,5)6/h10,13H,9,11-12H2,1-8H3,(H,25,31)(H,29,30)(H,26,27,33)/b28-15-/t13-/m0/s1. The number of esters is 1. The van der Waals surface area contributed by atoms with Crippen molar-refractivity contribution in [3.8, 4) is 0 Å². The fourth-order valence-electron chi connectivity index (χ4n) is 3.96. The van der Waals surface area contributed by atoms with E-state index in [0.717, 1.165) is 11.3 Å². The summed E-state index contributed by atoms with van der Waals surface area (Å²) < 4.78 is 10.8. The van der Waals surface area contributed by atoms with Gasteiger partial charge in [0, 0.05) is 18.2 Å². The first-order valence-electron chi connectivity index (χ1n) is 12.1. The third-order valence-corrected chi connectivity index (χ3v) is 5.98. The molecular weight excluding hydrogens is 518 g/mol. The average molecular weight is 554 g/mol. The lowest BCUT2D eigenvalue weighted by Gasteiger charge is -2.49. The molecule has 14 heteroatoms. The van der Waals surface area contributed by atoms with Gasteiger partial charge in [-0.05, 0) is 47.0 Å². The molecule has 1 aliphatic heterocycles. The van der Waals surface area contributed by atoms with Crippen molar-refractivity contribution in [1.82, 2.24) is 15.8 Å². The van der Waals surface area contributed by atoms with Gasteiger partial charge in [-0.2, -0.15) is 0 Å². The predicted molar refractivity (Wildman–Crippen MR) is 137 cm³/mol. The Hall–Kier alpha value is -3.26. The predicted octanol–water partition coefficient (Wildman–Crippen LogP) is 2.66. The quantitative estimate of drug-likeness (QED) is 0.261. The van der Waals surface area contributed by atoms with Crippen molar-refractivity contribution < 1.29 is 38.3 Å².